The van der Waals surface area contributed by atoms with Gasteiger partial charge >= 0.3 is 0 Å². The van der Waals surface area contributed by atoms with Crippen LogP contribution in [0.25, 0.3) is 10.6 Å². The van der Waals surface area contributed by atoms with Gasteiger partial charge in [-0.3, -0.25) is 4.79 Å². The summed E-state index contributed by atoms with van der Waals surface area (Å²) in [6, 6.07) is 4.29. The van der Waals surface area contributed by atoms with Crippen LogP contribution in [-0.4, -0.2) is 30.1 Å². The molecule has 3 rings (SSSR count). The van der Waals surface area contributed by atoms with Crippen LogP contribution in [-0.2, 0) is 16.0 Å². The van der Waals surface area contributed by atoms with Crippen molar-refractivity contribution in [1.29, 1.82) is 0 Å². The van der Waals surface area contributed by atoms with E-state index >= 15 is 0 Å². The Hall–Kier alpha value is -2.50. The number of methoxy groups -OCH3 is 1. The average Bonchev–Trinajstić information content (AvgIpc) is 3.27. The van der Waals surface area contributed by atoms with Gasteiger partial charge in [-0.2, -0.15) is 0 Å². The first-order valence-corrected chi connectivity index (χ1v) is 14.7. The SMILES string of the molecule is CC.COC(C)(C)C(C)=O.Cc1ccc(C)c(OCCc2nc(-c3c(C)c(C)c(C)c(C)c3C)sc2C)c1C. The molecular weight excluding hydrogens is 502 g/mol. The van der Waals surface area contributed by atoms with E-state index in [1.54, 1.807) is 13.8 Å². The Morgan fingerprint density at radius 2 is 1.31 bits per heavy atom. The molecule has 216 valence electrons. The number of benzene rings is 2. The van der Waals surface area contributed by atoms with Crippen molar-refractivity contribution in [2.45, 2.75) is 109 Å². The second-order valence-electron chi connectivity index (χ2n) is 10.5. The highest BCUT2D eigenvalue weighted by atomic mass is 32.1. The molecule has 0 aliphatic heterocycles. The highest BCUT2D eigenvalue weighted by Gasteiger charge is 2.21. The summed E-state index contributed by atoms with van der Waals surface area (Å²) in [6.07, 6.45) is 0.830. The van der Waals surface area contributed by atoms with E-state index in [1.807, 2.05) is 25.2 Å². The number of aryl methyl sites for hydroxylation is 3. The molecule has 0 saturated heterocycles. The molecule has 4 nitrogen and oxygen atoms in total. The van der Waals surface area contributed by atoms with E-state index in [9.17, 15) is 4.79 Å². The maximum atomic E-state index is 10.6. The first-order valence-electron chi connectivity index (χ1n) is 13.9. The predicted molar refractivity (Wildman–Crippen MR) is 169 cm³/mol. The van der Waals surface area contributed by atoms with Crippen molar-refractivity contribution in [2.24, 2.45) is 0 Å². The fourth-order valence-corrected chi connectivity index (χ4v) is 5.25. The zero-order chi connectivity index (χ0) is 30.2. The number of ketones is 1. The zero-order valence-corrected chi connectivity index (χ0v) is 28.0. The van der Waals surface area contributed by atoms with E-state index in [-0.39, 0.29) is 5.78 Å². The minimum absolute atomic E-state index is 0.0556. The van der Waals surface area contributed by atoms with Gasteiger partial charge in [0.2, 0.25) is 0 Å². The van der Waals surface area contributed by atoms with Crippen molar-refractivity contribution in [3.05, 3.63) is 67.2 Å². The Bertz CT molecular complexity index is 1260. The average molecular weight is 554 g/mol. The standard InChI is InChI=1S/C26H33NOS.C6H12O2.C2H6/c1-14-10-11-15(2)25(16(14)3)28-13-12-23-22(9)29-26(27-23)24-20(7)18(5)17(4)19(6)21(24)8;1-5(7)6(2,3)8-4;1-2/h10-11H,12-13H2,1-9H3;1-4H3;1-2H3. The molecule has 0 fully saturated rings. The first kappa shape index (κ1) is 34.5. The van der Waals surface area contributed by atoms with Crippen molar-refractivity contribution < 1.29 is 14.3 Å². The molecule has 0 aliphatic carbocycles. The fourth-order valence-electron chi connectivity index (χ4n) is 4.13. The number of hydrogen-bond acceptors (Lipinski definition) is 5. The summed E-state index contributed by atoms with van der Waals surface area (Å²) in [5, 5.41) is 1.14. The highest BCUT2D eigenvalue weighted by molar-refractivity contribution is 7.15. The monoisotopic (exact) mass is 553 g/mol. The lowest BCUT2D eigenvalue weighted by Crippen LogP contribution is -2.31. The lowest BCUT2D eigenvalue weighted by molar-refractivity contribution is -0.134. The van der Waals surface area contributed by atoms with Gasteiger partial charge in [-0.05, 0) is 128 Å². The molecule has 0 spiro atoms. The lowest BCUT2D eigenvalue weighted by Gasteiger charge is -2.17. The van der Waals surface area contributed by atoms with Gasteiger partial charge in [-0.25, -0.2) is 4.98 Å². The van der Waals surface area contributed by atoms with E-state index in [2.05, 4.69) is 74.4 Å². The molecule has 0 amide bonds. The Balaban J connectivity index is 0.000000654. The summed E-state index contributed by atoms with van der Waals surface area (Å²) >= 11 is 1.81. The van der Waals surface area contributed by atoms with Crippen LogP contribution >= 0.6 is 11.3 Å². The molecule has 0 radical (unpaired) electrons. The summed E-state index contributed by atoms with van der Waals surface area (Å²) in [7, 11) is 1.53. The van der Waals surface area contributed by atoms with Crippen LogP contribution < -0.4 is 4.74 Å². The van der Waals surface area contributed by atoms with Crippen molar-refractivity contribution in [2.75, 3.05) is 13.7 Å². The predicted octanol–water partition coefficient (Wildman–Crippen LogP) is 9.23. The highest BCUT2D eigenvalue weighted by Crippen LogP contribution is 2.37. The molecule has 5 heteroatoms. The summed E-state index contributed by atoms with van der Waals surface area (Å²) < 4.78 is 11.0. The number of Topliss-reactive ketones (excluding diaryl/α,β-unsaturated/α-hetero) is 1. The van der Waals surface area contributed by atoms with Gasteiger partial charge in [0.15, 0.2) is 5.78 Å². The summed E-state index contributed by atoms with van der Waals surface area (Å²) in [5.41, 5.74) is 12.4. The zero-order valence-electron chi connectivity index (χ0n) is 27.1. The van der Waals surface area contributed by atoms with Gasteiger partial charge in [0.1, 0.15) is 16.4 Å². The van der Waals surface area contributed by atoms with E-state index < -0.39 is 5.60 Å². The fraction of sp³-hybridized carbons (Fsp3) is 0.529. The molecule has 0 unspecified atom stereocenters. The van der Waals surface area contributed by atoms with Crippen LogP contribution in [0.2, 0.25) is 0 Å². The Labute approximate surface area is 242 Å². The van der Waals surface area contributed by atoms with E-state index in [1.165, 1.54) is 69.0 Å². The quantitative estimate of drug-likeness (QED) is 0.292. The topological polar surface area (TPSA) is 48.4 Å². The van der Waals surface area contributed by atoms with Crippen LogP contribution in [0.4, 0.5) is 0 Å². The number of hydrogen-bond donors (Lipinski definition) is 0. The number of aromatic nitrogens is 1. The largest absolute Gasteiger partial charge is 0.493 e. The van der Waals surface area contributed by atoms with Gasteiger partial charge < -0.3 is 9.47 Å². The van der Waals surface area contributed by atoms with Gasteiger partial charge in [0, 0.05) is 24.0 Å². The number of carbonyl (C=O) groups excluding carboxylic acids is 1. The Morgan fingerprint density at radius 3 is 1.77 bits per heavy atom. The molecule has 0 N–H and O–H groups in total. The van der Waals surface area contributed by atoms with Crippen LogP contribution in [0.1, 0.15) is 89.7 Å². The second kappa shape index (κ2) is 14.8. The summed E-state index contributed by atoms with van der Waals surface area (Å²) in [6.45, 7) is 29.4. The third-order valence-corrected chi connectivity index (χ3v) is 8.95. The Kier molecular flexibility index (Phi) is 13.1. The smallest absolute Gasteiger partial charge is 0.160 e. The number of ether oxygens (including phenoxy) is 2. The Morgan fingerprint density at radius 1 is 0.821 bits per heavy atom. The third-order valence-electron chi connectivity index (χ3n) is 7.92. The molecule has 0 bridgehead atoms. The van der Waals surface area contributed by atoms with Crippen LogP contribution in [0.5, 0.6) is 5.75 Å². The first-order chi connectivity index (χ1) is 18.1. The molecule has 39 heavy (non-hydrogen) atoms. The van der Waals surface area contributed by atoms with Gasteiger partial charge in [0.25, 0.3) is 0 Å². The van der Waals surface area contributed by atoms with Crippen molar-refractivity contribution >= 4 is 17.1 Å². The number of rotatable bonds is 7. The molecule has 0 atom stereocenters. The number of nitrogens with zero attached hydrogens (tertiary/aromatic N) is 1. The van der Waals surface area contributed by atoms with E-state index in [0.717, 1.165) is 22.9 Å². The molecular formula is C34H51NO3S. The molecule has 1 heterocycles. The van der Waals surface area contributed by atoms with E-state index in [0.29, 0.717) is 6.61 Å². The van der Waals surface area contributed by atoms with Crippen molar-refractivity contribution in [3.63, 3.8) is 0 Å². The summed E-state index contributed by atoms with van der Waals surface area (Å²) in [4.78, 5) is 16.9. The molecule has 3 aromatic rings. The maximum Gasteiger partial charge on any atom is 0.160 e. The van der Waals surface area contributed by atoms with Crippen LogP contribution in [0, 0.1) is 62.3 Å². The minimum Gasteiger partial charge on any atom is -0.493 e. The van der Waals surface area contributed by atoms with Crippen molar-refractivity contribution in [1.82, 2.24) is 4.98 Å². The second-order valence-corrected chi connectivity index (χ2v) is 11.7. The summed E-state index contributed by atoms with van der Waals surface area (Å²) in [5.74, 6) is 1.08. The van der Waals surface area contributed by atoms with Gasteiger partial charge in [-0.15, -0.1) is 11.3 Å². The number of thiazole rings is 1. The van der Waals surface area contributed by atoms with Gasteiger partial charge in [-0.1, -0.05) is 26.0 Å². The molecule has 0 saturated carbocycles. The van der Waals surface area contributed by atoms with Crippen molar-refractivity contribution in [3.8, 4) is 16.3 Å². The molecule has 2 aromatic carbocycles. The number of carbonyl (C=O) groups is 1. The third kappa shape index (κ3) is 8.25. The maximum absolute atomic E-state index is 10.6. The van der Waals surface area contributed by atoms with Crippen LogP contribution in [0.15, 0.2) is 12.1 Å². The van der Waals surface area contributed by atoms with Crippen LogP contribution in [0.3, 0.4) is 0 Å². The normalized spacial score (nSPS) is 10.8. The minimum atomic E-state index is -0.597. The van der Waals surface area contributed by atoms with E-state index in [4.69, 9.17) is 14.5 Å². The van der Waals surface area contributed by atoms with Gasteiger partial charge in [0.05, 0.1) is 12.3 Å². The molecule has 1 aromatic heterocycles. The molecule has 0 aliphatic rings. The lowest BCUT2D eigenvalue weighted by atomic mass is 9.90.